The van der Waals surface area contributed by atoms with Crippen LogP contribution in [0.3, 0.4) is 0 Å². The Morgan fingerprint density at radius 2 is 1.88 bits per heavy atom. The van der Waals surface area contributed by atoms with Crippen LogP contribution in [0.1, 0.15) is 23.6 Å². The molecule has 1 N–H and O–H groups in total. The first kappa shape index (κ1) is 18.1. The molecule has 0 radical (unpaired) electrons. The number of hydrogen-bond acceptors (Lipinski definition) is 4. The molecule has 26 heavy (non-hydrogen) atoms. The molecule has 1 amide bonds. The minimum Gasteiger partial charge on any atom is -0.484 e. The maximum Gasteiger partial charge on any atom is 0.264 e. The van der Waals surface area contributed by atoms with Crippen molar-refractivity contribution in [3.8, 4) is 17.0 Å². The number of benzene rings is 2. The summed E-state index contributed by atoms with van der Waals surface area (Å²) in [7, 11) is 0. The van der Waals surface area contributed by atoms with Crippen LogP contribution in [-0.4, -0.2) is 17.5 Å². The number of nitrogens with one attached hydrogen (secondary N) is 1. The third-order valence-corrected chi connectivity index (χ3v) is 5.01. The zero-order valence-corrected chi connectivity index (χ0v) is 16.0. The van der Waals surface area contributed by atoms with Crippen LogP contribution in [0.2, 0.25) is 0 Å². The highest BCUT2D eigenvalue weighted by Crippen LogP contribution is 2.26. The topological polar surface area (TPSA) is 51.2 Å². The molecular formula is C21H22N2O2S. The second-order valence-electron chi connectivity index (χ2n) is 6.17. The summed E-state index contributed by atoms with van der Waals surface area (Å²) in [6.07, 6.45) is 0.980. The third-order valence-electron chi connectivity index (χ3n) is 4.25. The molecule has 0 saturated heterocycles. The smallest absolute Gasteiger partial charge is 0.264 e. The Morgan fingerprint density at radius 1 is 1.12 bits per heavy atom. The quantitative estimate of drug-likeness (QED) is 0.667. The molecule has 0 unspecified atom stereocenters. The minimum atomic E-state index is -0.217. The number of nitrogens with zero attached hydrogens (tertiary/aromatic N) is 1. The van der Waals surface area contributed by atoms with Crippen molar-refractivity contribution in [3.05, 3.63) is 64.5 Å². The molecule has 0 fully saturated rings. The third kappa shape index (κ3) is 4.49. The molecule has 2 aromatic carbocycles. The van der Waals surface area contributed by atoms with Crippen LogP contribution in [0.25, 0.3) is 11.3 Å². The monoisotopic (exact) mass is 366 g/mol. The lowest BCUT2D eigenvalue weighted by atomic mass is 10.1. The molecule has 0 saturated carbocycles. The van der Waals surface area contributed by atoms with Crippen LogP contribution in [0, 0.1) is 13.8 Å². The van der Waals surface area contributed by atoms with Gasteiger partial charge in [0.25, 0.3) is 5.91 Å². The molecule has 3 aromatic rings. The highest BCUT2D eigenvalue weighted by atomic mass is 32.1. The standard InChI is InChI=1S/C21H22N2O2S/c1-4-16-6-9-18(10-7-16)25-12-20(24)23-21-22-19(13-26-21)17-8-5-14(2)15(3)11-17/h5-11,13H,4,12H2,1-3H3,(H,22,23,24). The molecule has 0 aliphatic rings. The molecule has 1 aromatic heterocycles. The van der Waals surface area contributed by atoms with E-state index in [9.17, 15) is 4.79 Å². The average molecular weight is 366 g/mol. The molecule has 0 spiro atoms. The van der Waals surface area contributed by atoms with Gasteiger partial charge in [-0.15, -0.1) is 11.3 Å². The van der Waals surface area contributed by atoms with Gasteiger partial charge in [0.1, 0.15) is 5.75 Å². The van der Waals surface area contributed by atoms with Gasteiger partial charge in [-0.1, -0.05) is 31.2 Å². The molecule has 1 heterocycles. The largest absolute Gasteiger partial charge is 0.484 e. The predicted molar refractivity (Wildman–Crippen MR) is 107 cm³/mol. The Morgan fingerprint density at radius 3 is 2.58 bits per heavy atom. The van der Waals surface area contributed by atoms with E-state index in [4.69, 9.17) is 4.74 Å². The van der Waals surface area contributed by atoms with Gasteiger partial charge in [0.2, 0.25) is 0 Å². The Hall–Kier alpha value is -2.66. The summed E-state index contributed by atoms with van der Waals surface area (Å²) in [5, 5.41) is 5.32. The van der Waals surface area contributed by atoms with Gasteiger partial charge in [-0.25, -0.2) is 4.98 Å². The fraction of sp³-hybridized carbons (Fsp3) is 0.238. The van der Waals surface area contributed by atoms with E-state index in [0.717, 1.165) is 17.7 Å². The second kappa shape index (κ2) is 8.15. The Bertz CT molecular complexity index is 901. The Kier molecular flexibility index (Phi) is 5.68. The van der Waals surface area contributed by atoms with Crippen LogP contribution in [0.4, 0.5) is 5.13 Å². The van der Waals surface area contributed by atoms with Gasteiger partial charge in [-0.05, 0) is 55.2 Å². The normalized spacial score (nSPS) is 10.6. The van der Waals surface area contributed by atoms with Gasteiger partial charge < -0.3 is 4.74 Å². The number of amides is 1. The number of thiazole rings is 1. The van der Waals surface area contributed by atoms with Crippen molar-refractivity contribution in [2.75, 3.05) is 11.9 Å². The highest BCUT2D eigenvalue weighted by Gasteiger charge is 2.09. The first-order chi connectivity index (χ1) is 12.5. The SMILES string of the molecule is CCc1ccc(OCC(=O)Nc2nc(-c3ccc(C)c(C)c3)cs2)cc1. The lowest BCUT2D eigenvalue weighted by molar-refractivity contribution is -0.118. The number of anilines is 1. The summed E-state index contributed by atoms with van der Waals surface area (Å²) < 4.78 is 5.52. The predicted octanol–water partition coefficient (Wildman–Crippen LogP) is 5.01. The van der Waals surface area contributed by atoms with Crippen molar-refractivity contribution >= 4 is 22.4 Å². The number of aromatic nitrogens is 1. The Balaban J connectivity index is 1.57. The number of carbonyl (C=O) groups excluding carboxylic acids is 1. The first-order valence-electron chi connectivity index (χ1n) is 8.60. The minimum absolute atomic E-state index is 0.0377. The average Bonchev–Trinajstić information content (AvgIpc) is 3.11. The molecule has 4 nitrogen and oxygen atoms in total. The molecule has 5 heteroatoms. The lowest BCUT2D eigenvalue weighted by Gasteiger charge is -2.06. The summed E-state index contributed by atoms with van der Waals surface area (Å²) >= 11 is 1.41. The van der Waals surface area contributed by atoms with Crippen molar-refractivity contribution in [3.63, 3.8) is 0 Å². The maximum atomic E-state index is 12.1. The van der Waals surface area contributed by atoms with E-state index in [1.165, 1.54) is 28.0 Å². The van der Waals surface area contributed by atoms with Gasteiger partial charge in [0, 0.05) is 10.9 Å². The number of aryl methyl sites for hydroxylation is 3. The lowest BCUT2D eigenvalue weighted by Crippen LogP contribution is -2.20. The van der Waals surface area contributed by atoms with Crippen LogP contribution < -0.4 is 10.1 Å². The van der Waals surface area contributed by atoms with Crippen LogP contribution in [0.15, 0.2) is 47.8 Å². The van der Waals surface area contributed by atoms with Gasteiger partial charge in [-0.2, -0.15) is 0 Å². The van der Waals surface area contributed by atoms with Crippen molar-refractivity contribution in [2.24, 2.45) is 0 Å². The zero-order chi connectivity index (χ0) is 18.5. The van der Waals surface area contributed by atoms with Gasteiger partial charge >= 0.3 is 0 Å². The van der Waals surface area contributed by atoms with Crippen molar-refractivity contribution in [1.29, 1.82) is 0 Å². The van der Waals surface area contributed by atoms with Gasteiger partial charge in [0.05, 0.1) is 5.69 Å². The molecular weight excluding hydrogens is 344 g/mol. The van der Waals surface area contributed by atoms with E-state index in [0.29, 0.717) is 10.9 Å². The summed E-state index contributed by atoms with van der Waals surface area (Å²) in [4.78, 5) is 16.6. The molecule has 0 atom stereocenters. The fourth-order valence-corrected chi connectivity index (χ4v) is 3.23. The molecule has 134 valence electrons. The number of carbonyl (C=O) groups is 1. The van der Waals surface area contributed by atoms with E-state index < -0.39 is 0 Å². The van der Waals surface area contributed by atoms with Crippen molar-refractivity contribution in [1.82, 2.24) is 4.98 Å². The van der Waals surface area contributed by atoms with Gasteiger partial charge in [0.15, 0.2) is 11.7 Å². The second-order valence-corrected chi connectivity index (χ2v) is 7.03. The van der Waals surface area contributed by atoms with Crippen molar-refractivity contribution in [2.45, 2.75) is 27.2 Å². The van der Waals surface area contributed by atoms with E-state index in [1.807, 2.05) is 35.7 Å². The summed E-state index contributed by atoms with van der Waals surface area (Å²) in [5.74, 6) is 0.470. The summed E-state index contributed by atoms with van der Waals surface area (Å²) in [6.45, 7) is 6.23. The van der Waals surface area contributed by atoms with Crippen LogP contribution >= 0.6 is 11.3 Å². The van der Waals surface area contributed by atoms with E-state index >= 15 is 0 Å². The number of ether oxygens (including phenoxy) is 1. The van der Waals surface area contributed by atoms with Crippen LogP contribution in [0.5, 0.6) is 5.75 Å². The zero-order valence-electron chi connectivity index (χ0n) is 15.2. The summed E-state index contributed by atoms with van der Waals surface area (Å²) in [5.41, 5.74) is 5.63. The molecule has 0 aliphatic carbocycles. The summed E-state index contributed by atoms with van der Waals surface area (Å²) in [6, 6.07) is 14.0. The van der Waals surface area contributed by atoms with Crippen molar-refractivity contribution < 1.29 is 9.53 Å². The Labute approximate surface area is 157 Å². The van der Waals surface area contributed by atoms with Gasteiger partial charge in [-0.3, -0.25) is 10.1 Å². The maximum absolute atomic E-state index is 12.1. The van der Waals surface area contributed by atoms with E-state index in [1.54, 1.807) is 0 Å². The molecule has 0 bridgehead atoms. The highest BCUT2D eigenvalue weighted by molar-refractivity contribution is 7.14. The fourth-order valence-electron chi connectivity index (χ4n) is 2.49. The molecule has 0 aliphatic heterocycles. The molecule has 3 rings (SSSR count). The number of rotatable bonds is 6. The first-order valence-corrected chi connectivity index (χ1v) is 9.48. The van der Waals surface area contributed by atoms with E-state index in [2.05, 4.69) is 43.2 Å². The van der Waals surface area contributed by atoms with Crippen LogP contribution in [-0.2, 0) is 11.2 Å². The van der Waals surface area contributed by atoms with E-state index in [-0.39, 0.29) is 12.5 Å². The number of hydrogen-bond donors (Lipinski definition) is 1.